The highest BCUT2D eigenvalue weighted by Crippen LogP contribution is 2.28. The highest BCUT2D eigenvalue weighted by Gasteiger charge is 2.19. The SMILES string of the molecule is NCc1ccc(Br)c(S(=O)(=O)Nc2ccc(F)cc2Cl)c1. The van der Waals surface area contributed by atoms with E-state index in [0.29, 0.717) is 10.0 Å². The standard InChI is InChI=1S/C13H11BrClFN2O2S/c14-10-3-1-8(7-17)5-13(10)21(19,20)18-12-4-2-9(16)6-11(12)15/h1-6,18H,7,17H2. The molecule has 21 heavy (non-hydrogen) atoms. The van der Waals surface area contributed by atoms with E-state index in [4.69, 9.17) is 17.3 Å². The van der Waals surface area contributed by atoms with Crippen LogP contribution in [0.5, 0.6) is 0 Å². The summed E-state index contributed by atoms with van der Waals surface area (Å²) in [6.45, 7) is 0.215. The molecule has 0 saturated carbocycles. The van der Waals surface area contributed by atoms with E-state index in [2.05, 4.69) is 20.7 Å². The van der Waals surface area contributed by atoms with E-state index in [1.54, 1.807) is 12.1 Å². The van der Waals surface area contributed by atoms with Crippen LogP contribution >= 0.6 is 27.5 Å². The molecule has 2 rings (SSSR count). The molecule has 2 aromatic carbocycles. The van der Waals surface area contributed by atoms with Gasteiger partial charge in [0.25, 0.3) is 10.0 Å². The Morgan fingerprint density at radius 3 is 2.57 bits per heavy atom. The molecule has 0 heterocycles. The first-order valence-electron chi connectivity index (χ1n) is 5.80. The molecule has 0 amide bonds. The molecule has 0 unspecified atom stereocenters. The van der Waals surface area contributed by atoms with Gasteiger partial charge < -0.3 is 5.73 Å². The van der Waals surface area contributed by atoms with Gasteiger partial charge in [0.15, 0.2) is 0 Å². The van der Waals surface area contributed by atoms with E-state index in [1.807, 2.05) is 0 Å². The highest BCUT2D eigenvalue weighted by atomic mass is 79.9. The number of rotatable bonds is 4. The van der Waals surface area contributed by atoms with Crippen molar-refractivity contribution in [2.45, 2.75) is 11.4 Å². The van der Waals surface area contributed by atoms with Crippen LogP contribution in [0.1, 0.15) is 5.56 Å². The fourth-order valence-corrected chi connectivity index (χ4v) is 4.02. The fraction of sp³-hybridized carbons (Fsp3) is 0.0769. The Bertz CT molecular complexity index is 784. The lowest BCUT2D eigenvalue weighted by Gasteiger charge is -2.12. The normalized spacial score (nSPS) is 11.4. The minimum Gasteiger partial charge on any atom is -0.326 e. The maximum atomic E-state index is 13.0. The lowest BCUT2D eigenvalue weighted by atomic mass is 10.2. The molecule has 0 bridgehead atoms. The molecular formula is C13H11BrClFN2O2S. The maximum absolute atomic E-state index is 13.0. The zero-order valence-electron chi connectivity index (χ0n) is 10.6. The van der Waals surface area contributed by atoms with Crippen molar-refractivity contribution in [2.75, 3.05) is 4.72 Å². The second-order valence-corrected chi connectivity index (χ2v) is 7.11. The predicted molar refractivity (Wildman–Crippen MR) is 84.3 cm³/mol. The lowest BCUT2D eigenvalue weighted by molar-refractivity contribution is 0.600. The second-order valence-electron chi connectivity index (χ2n) is 4.20. The minimum atomic E-state index is -3.87. The Kier molecular flexibility index (Phi) is 4.88. The Morgan fingerprint density at radius 1 is 1.24 bits per heavy atom. The molecule has 0 aliphatic carbocycles. The molecule has 0 aliphatic heterocycles. The molecule has 0 aromatic heterocycles. The van der Waals surface area contributed by atoms with Crippen molar-refractivity contribution in [3.05, 3.63) is 57.3 Å². The van der Waals surface area contributed by atoms with Crippen LogP contribution in [0.3, 0.4) is 0 Å². The first-order chi connectivity index (χ1) is 9.83. The van der Waals surface area contributed by atoms with Crippen LogP contribution in [0.15, 0.2) is 45.8 Å². The molecule has 0 spiro atoms. The van der Waals surface area contributed by atoms with E-state index in [1.165, 1.54) is 12.1 Å². The summed E-state index contributed by atoms with van der Waals surface area (Å²) in [6, 6.07) is 8.19. The van der Waals surface area contributed by atoms with Crippen LogP contribution in [-0.2, 0) is 16.6 Å². The van der Waals surface area contributed by atoms with Gasteiger partial charge in [0.05, 0.1) is 10.7 Å². The van der Waals surface area contributed by atoms with Crippen molar-refractivity contribution in [1.29, 1.82) is 0 Å². The Labute approximate surface area is 135 Å². The molecule has 112 valence electrons. The molecule has 3 N–H and O–H groups in total. The summed E-state index contributed by atoms with van der Waals surface area (Å²) in [4.78, 5) is 0.0332. The molecule has 0 fully saturated rings. The van der Waals surface area contributed by atoms with Gasteiger partial charge in [-0.15, -0.1) is 0 Å². The van der Waals surface area contributed by atoms with E-state index in [-0.39, 0.29) is 22.2 Å². The molecule has 0 aliphatic rings. The third-order valence-electron chi connectivity index (χ3n) is 2.70. The van der Waals surface area contributed by atoms with Gasteiger partial charge in [-0.1, -0.05) is 17.7 Å². The smallest absolute Gasteiger partial charge is 0.263 e. The fourth-order valence-electron chi connectivity index (χ4n) is 1.65. The molecule has 0 radical (unpaired) electrons. The Balaban J connectivity index is 2.43. The number of benzene rings is 2. The maximum Gasteiger partial charge on any atom is 0.263 e. The number of nitrogens with two attached hydrogens (primary N) is 1. The number of sulfonamides is 1. The molecule has 0 saturated heterocycles. The van der Waals surface area contributed by atoms with Gasteiger partial charge in [0.2, 0.25) is 0 Å². The largest absolute Gasteiger partial charge is 0.326 e. The number of nitrogens with one attached hydrogen (secondary N) is 1. The summed E-state index contributed by atoms with van der Waals surface area (Å²) in [5, 5.41) is -0.0234. The Hall–Kier alpha value is -1.15. The van der Waals surface area contributed by atoms with Crippen molar-refractivity contribution in [3.8, 4) is 0 Å². The average molecular weight is 394 g/mol. The van der Waals surface area contributed by atoms with Crippen molar-refractivity contribution in [1.82, 2.24) is 0 Å². The van der Waals surface area contributed by atoms with Crippen LogP contribution in [0, 0.1) is 5.82 Å². The van der Waals surface area contributed by atoms with Crippen molar-refractivity contribution in [2.24, 2.45) is 5.73 Å². The molecule has 4 nitrogen and oxygen atoms in total. The highest BCUT2D eigenvalue weighted by molar-refractivity contribution is 9.10. The molecule has 0 atom stereocenters. The summed E-state index contributed by atoms with van der Waals surface area (Å²) >= 11 is 9.01. The lowest BCUT2D eigenvalue weighted by Crippen LogP contribution is -2.14. The van der Waals surface area contributed by atoms with Crippen molar-refractivity contribution in [3.63, 3.8) is 0 Å². The Morgan fingerprint density at radius 2 is 1.95 bits per heavy atom. The van der Waals surface area contributed by atoms with Crippen LogP contribution in [0.2, 0.25) is 5.02 Å². The predicted octanol–water partition coefficient (Wildman–Crippen LogP) is 3.50. The minimum absolute atomic E-state index is 0.0234. The topological polar surface area (TPSA) is 72.2 Å². The van der Waals surface area contributed by atoms with Crippen LogP contribution < -0.4 is 10.5 Å². The van der Waals surface area contributed by atoms with Crippen LogP contribution in [0.4, 0.5) is 10.1 Å². The van der Waals surface area contributed by atoms with Gasteiger partial charge >= 0.3 is 0 Å². The van der Waals surface area contributed by atoms with E-state index in [0.717, 1.165) is 12.1 Å². The zero-order valence-corrected chi connectivity index (χ0v) is 13.8. The second kappa shape index (κ2) is 6.31. The summed E-state index contributed by atoms with van der Waals surface area (Å²) in [5.41, 5.74) is 6.28. The van der Waals surface area contributed by atoms with Gasteiger partial charge in [0.1, 0.15) is 10.7 Å². The van der Waals surface area contributed by atoms with E-state index < -0.39 is 15.8 Å². The number of hydrogen-bond acceptors (Lipinski definition) is 3. The zero-order chi connectivity index (χ0) is 15.6. The number of anilines is 1. The molecular weight excluding hydrogens is 383 g/mol. The first-order valence-corrected chi connectivity index (χ1v) is 8.45. The summed E-state index contributed by atoms with van der Waals surface area (Å²) in [6.07, 6.45) is 0. The van der Waals surface area contributed by atoms with Gasteiger partial charge in [-0.3, -0.25) is 4.72 Å². The van der Waals surface area contributed by atoms with Gasteiger partial charge in [-0.2, -0.15) is 0 Å². The van der Waals surface area contributed by atoms with Crippen molar-refractivity contribution >= 4 is 43.2 Å². The van der Waals surface area contributed by atoms with Crippen LogP contribution in [-0.4, -0.2) is 8.42 Å². The van der Waals surface area contributed by atoms with E-state index >= 15 is 0 Å². The van der Waals surface area contributed by atoms with Gasteiger partial charge in [-0.25, -0.2) is 12.8 Å². The summed E-state index contributed by atoms with van der Waals surface area (Å²) < 4.78 is 40.5. The first kappa shape index (κ1) is 16.2. The summed E-state index contributed by atoms with van der Waals surface area (Å²) in [5.74, 6) is -0.547. The third kappa shape index (κ3) is 3.74. The van der Waals surface area contributed by atoms with Gasteiger partial charge in [0, 0.05) is 11.0 Å². The third-order valence-corrected chi connectivity index (χ3v) is 5.37. The number of halogens is 3. The average Bonchev–Trinajstić information content (AvgIpc) is 2.42. The van der Waals surface area contributed by atoms with E-state index in [9.17, 15) is 12.8 Å². The quantitative estimate of drug-likeness (QED) is 0.835. The van der Waals surface area contributed by atoms with Crippen LogP contribution in [0.25, 0.3) is 0 Å². The number of hydrogen-bond donors (Lipinski definition) is 2. The monoisotopic (exact) mass is 392 g/mol. The molecule has 2 aromatic rings. The van der Waals surface area contributed by atoms with Gasteiger partial charge in [-0.05, 0) is 51.8 Å². The molecule has 8 heteroatoms. The summed E-state index contributed by atoms with van der Waals surface area (Å²) in [7, 11) is -3.87. The van der Waals surface area contributed by atoms with Crippen molar-refractivity contribution < 1.29 is 12.8 Å².